The summed E-state index contributed by atoms with van der Waals surface area (Å²) in [5, 5.41) is 2.98. The van der Waals surface area contributed by atoms with E-state index in [0.29, 0.717) is 0 Å². The molecular weight excluding hydrogens is 352 g/mol. The zero-order valence-corrected chi connectivity index (χ0v) is 15.3. The first kappa shape index (κ1) is 16.6. The molecule has 140 valence electrons. The summed E-state index contributed by atoms with van der Waals surface area (Å²) in [6.45, 7) is 1.63. The summed E-state index contributed by atoms with van der Waals surface area (Å²) in [5.74, 6) is 0. The minimum atomic E-state index is -0.0580. The molecule has 1 fully saturated rings. The van der Waals surface area contributed by atoms with E-state index in [1.807, 2.05) is 59.8 Å². The lowest BCUT2D eigenvalue weighted by atomic mass is 10.1. The maximum absolute atomic E-state index is 12.4. The molecule has 0 spiro atoms. The van der Waals surface area contributed by atoms with Crippen molar-refractivity contribution >= 4 is 22.8 Å². The van der Waals surface area contributed by atoms with Crippen molar-refractivity contribution < 1.29 is 4.79 Å². The van der Waals surface area contributed by atoms with Gasteiger partial charge in [0, 0.05) is 31.2 Å². The summed E-state index contributed by atoms with van der Waals surface area (Å²) in [5.41, 5.74) is 5.59. The highest BCUT2D eigenvalue weighted by Gasteiger charge is 2.19. The van der Waals surface area contributed by atoms with Crippen molar-refractivity contribution in [3.63, 3.8) is 0 Å². The lowest BCUT2D eigenvalue weighted by Crippen LogP contribution is -2.32. The van der Waals surface area contributed by atoms with E-state index in [1.54, 1.807) is 0 Å². The standard InChI is InChI=1S/C21H20N6O/c28-21(27-11-1-2-12-27)24-14-7-8-15-18(13-14)26-20(17-6-4-10-23-17)19(25-15)16-5-3-9-22-16/h3-10,13,22-23H,1-2,11-12H2,(H,24,28). The van der Waals surface area contributed by atoms with Gasteiger partial charge in [-0.1, -0.05) is 0 Å². The molecule has 0 unspecified atom stereocenters. The second-order valence-electron chi connectivity index (χ2n) is 6.92. The minimum Gasteiger partial charge on any atom is -0.360 e. The third-order valence-electron chi connectivity index (χ3n) is 5.01. The Hall–Kier alpha value is -3.61. The molecule has 1 aliphatic rings. The second kappa shape index (κ2) is 6.84. The summed E-state index contributed by atoms with van der Waals surface area (Å²) in [4.78, 5) is 30.3. The van der Waals surface area contributed by atoms with Crippen LogP contribution in [-0.4, -0.2) is 44.0 Å². The van der Waals surface area contributed by atoms with Crippen LogP contribution >= 0.6 is 0 Å². The number of H-pyrrole nitrogens is 2. The van der Waals surface area contributed by atoms with Crippen molar-refractivity contribution in [3.8, 4) is 22.8 Å². The lowest BCUT2D eigenvalue weighted by Gasteiger charge is -2.16. The third kappa shape index (κ3) is 3.00. The number of rotatable bonds is 3. The first-order valence-corrected chi connectivity index (χ1v) is 9.43. The highest BCUT2D eigenvalue weighted by atomic mass is 16.2. The fourth-order valence-electron chi connectivity index (χ4n) is 3.59. The molecule has 0 bridgehead atoms. The topological polar surface area (TPSA) is 89.7 Å². The van der Waals surface area contributed by atoms with Gasteiger partial charge in [0.15, 0.2) is 0 Å². The molecule has 4 heterocycles. The molecule has 1 saturated heterocycles. The van der Waals surface area contributed by atoms with Crippen molar-refractivity contribution in [2.24, 2.45) is 0 Å². The number of aromatic amines is 2. The zero-order valence-electron chi connectivity index (χ0n) is 15.3. The van der Waals surface area contributed by atoms with Crippen molar-refractivity contribution in [1.82, 2.24) is 24.8 Å². The average molecular weight is 372 g/mol. The molecule has 1 aromatic carbocycles. The molecule has 0 atom stereocenters. The van der Waals surface area contributed by atoms with Crippen LogP contribution < -0.4 is 5.32 Å². The summed E-state index contributed by atoms with van der Waals surface area (Å²) < 4.78 is 0. The number of carbonyl (C=O) groups excluding carboxylic acids is 1. The molecular formula is C21H20N6O. The number of fused-ring (bicyclic) bond motifs is 1. The fraction of sp³-hybridized carbons (Fsp3) is 0.190. The van der Waals surface area contributed by atoms with E-state index >= 15 is 0 Å². The maximum Gasteiger partial charge on any atom is 0.321 e. The van der Waals surface area contributed by atoms with Gasteiger partial charge in [-0.15, -0.1) is 0 Å². The van der Waals surface area contributed by atoms with Crippen LogP contribution in [0.1, 0.15) is 12.8 Å². The SMILES string of the molecule is O=C(Nc1ccc2nc(-c3ccc[nH]3)c(-c3ccc[nH]3)nc2c1)N1CCCC1. The number of amides is 2. The van der Waals surface area contributed by atoms with Crippen LogP contribution in [0.2, 0.25) is 0 Å². The quantitative estimate of drug-likeness (QED) is 0.502. The average Bonchev–Trinajstić information content (AvgIpc) is 3.50. The normalized spacial score (nSPS) is 13.9. The summed E-state index contributed by atoms with van der Waals surface area (Å²) in [6.07, 6.45) is 5.87. The Morgan fingerprint density at radius 2 is 1.54 bits per heavy atom. The molecule has 1 aliphatic heterocycles. The molecule has 7 nitrogen and oxygen atoms in total. The Morgan fingerprint density at radius 3 is 2.14 bits per heavy atom. The van der Waals surface area contributed by atoms with Crippen molar-refractivity contribution in [1.29, 1.82) is 0 Å². The highest BCUT2D eigenvalue weighted by molar-refractivity contribution is 5.93. The number of anilines is 1. The number of hydrogen-bond donors (Lipinski definition) is 3. The third-order valence-corrected chi connectivity index (χ3v) is 5.01. The first-order valence-electron chi connectivity index (χ1n) is 9.43. The zero-order chi connectivity index (χ0) is 18.9. The molecule has 4 aromatic rings. The van der Waals surface area contributed by atoms with Crippen molar-refractivity contribution in [2.75, 3.05) is 18.4 Å². The largest absolute Gasteiger partial charge is 0.360 e. The Kier molecular flexibility index (Phi) is 4.05. The van der Waals surface area contributed by atoms with E-state index in [1.165, 1.54) is 0 Å². The maximum atomic E-state index is 12.4. The lowest BCUT2D eigenvalue weighted by molar-refractivity contribution is 0.222. The molecule has 0 saturated carbocycles. The molecule has 5 rings (SSSR count). The summed E-state index contributed by atoms with van der Waals surface area (Å²) in [6, 6.07) is 13.4. The number of urea groups is 1. The number of likely N-dealkylation sites (tertiary alicyclic amines) is 1. The van der Waals surface area contributed by atoms with Gasteiger partial charge in [0.25, 0.3) is 0 Å². The van der Waals surface area contributed by atoms with E-state index < -0.39 is 0 Å². The number of carbonyl (C=O) groups is 1. The monoisotopic (exact) mass is 372 g/mol. The number of hydrogen-bond acceptors (Lipinski definition) is 3. The van der Waals surface area contributed by atoms with Gasteiger partial charge in [0.1, 0.15) is 11.4 Å². The molecule has 0 aliphatic carbocycles. The van der Waals surface area contributed by atoms with Gasteiger partial charge < -0.3 is 20.2 Å². The van der Waals surface area contributed by atoms with Crippen LogP contribution in [-0.2, 0) is 0 Å². The van der Waals surface area contributed by atoms with Gasteiger partial charge in [-0.2, -0.15) is 0 Å². The first-order chi connectivity index (χ1) is 13.8. The van der Waals surface area contributed by atoms with E-state index in [2.05, 4.69) is 15.3 Å². The Balaban J connectivity index is 1.56. The second-order valence-corrected chi connectivity index (χ2v) is 6.92. The molecule has 3 N–H and O–H groups in total. The molecule has 28 heavy (non-hydrogen) atoms. The van der Waals surface area contributed by atoms with Crippen LogP contribution in [0.3, 0.4) is 0 Å². The number of benzene rings is 1. The van der Waals surface area contributed by atoms with Gasteiger partial charge in [-0.25, -0.2) is 14.8 Å². The summed E-state index contributed by atoms with van der Waals surface area (Å²) >= 11 is 0. The molecule has 7 heteroatoms. The van der Waals surface area contributed by atoms with Gasteiger partial charge in [-0.05, 0) is 55.3 Å². The molecule has 3 aromatic heterocycles. The highest BCUT2D eigenvalue weighted by Crippen LogP contribution is 2.30. The predicted octanol–water partition coefficient (Wildman–Crippen LogP) is 4.25. The molecule has 0 radical (unpaired) electrons. The molecule has 2 amide bonds. The Labute approximate surface area is 161 Å². The Morgan fingerprint density at radius 1 is 0.893 bits per heavy atom. The van der Waals surface area contributed by atoms with E-state index in [4.69, 9.17) is 9.97 Å². The Bertz CT molecular complexity index is 1110. The van der Waals surface area contributed by atoms with Gasteiger partial charge in [-0.3, -0.25) is 0 Å². The van der Waals surface area contributed by atoms with Crippen LogP contribution in [0.25, 0.3) is 33.8 Å². The number of aromatic nitrogens is 4. The summed E-state index contributed by atoms with van der Waals surface area (Å²) in [7, 11) is 0. The van der Waals surface area contributed by atoms with Crippen molar-refractivity contribution in [3.05, 3.63) is 54.9 Å². The van der Waals surface area contributed by atoms with Gasteiger partial charge in [0.2, 0.25) is 0 Å². The van der Waals surface area contributed by atoms with E-state index in [0.717, 1.165) is 65.4 Å². The number of nitrogens with one attached hydrogen (secondary N) is 3. The number of nitrogens with zero attached hydrogens (tertiary/aromatic N) is 3. The van der Waals surface area contributed by atoms with E-state index in [9.17, 15) is 4.79 Å². The van der Waals surface area contributed by atoms with Crippen LogP contribution in [0.4, 0.5) is 10.5 Å². The fourth-order valence-corrected chi connectivity index (χ4v) is 3.59. The van der Waals surface area contributed by atoms with Crippen LogP contribution in [0.5, 0.6) is 0 Å². The van der Waals surface area contributed by atoms with Crippen molar-refractivity contribution in [2.45, 2.75) is 12.8 Å². The van der Waals surface area contributed by atoms with E-state index in [-0.39, 0.29) is 6.03 Å². The smallest absolute Gasteiger partial charge is 0.321 e. The van der Waals surface area contributed by atoms with Gasteiger partial charge >= 0.3 is 6.03 Å². The minimum absolute atomic E-state index is 0.0580. The van der Waals surface area contributed by atoms with Gasteiger partial charge in [0.05, 0.1) is 22.4 Å². The van der Waals surface area contributed by atoms with Crippen LogP contribution in [0, 0.1) is 0 Å². The predicted molar refractivity (Wildman–Crippen MR) is 109 cm³/mol. The van der Waals surface area contributed by atoms with Crippen LogP contribution in [0.15, 0.2) is 54.9 Å².